The number of pyridine rings is 1. The second-order valence-corrected chi connectivity index (χ2v) is 5.66. The standard InChI is InChI=1S/C13H18Cl2N2O/c1-8(2)5-9(3)17(4)13(18)10-6-11(14)12(15)16-7-10/h6-9H,5H2,1-4H3. The second-order valence-electron chi connectivity index (χ2n) is 4.89. The van der Waals surface area contributed by atoms with E-state index >= 15 is 0 Å². The van der Waals surface area contributed by atoms with Gasteiger partial charge in [0.2, 0.25) is 0 Å². The molecule has 0 saturated heterocycles. The van der Waals surface area contributed by atoms with Crippen LogP contribution in [0.1, 0.15) is 37.6 Å². The van der Waals surface area contributed by atoms with E-state index in [4.69, 9.17) is 23.2 Å². The van der Waals surface area contributed by atoms with E-state index in [0.29, 0.717) is 16.5 Å². The van der Waals surface area contributed by atoms with Gasteiger partial charge in [-0.1, -0.05) is 37.0 Å². The zero-order chi connectivity index (χ0) is 13.9. The number of hydrogen-bond acceptors (Lipinski definition) is 2. The van der Waals surface area contributed by atoms with Crippen molar-refractivity contribution in [3.05, 3.63) is 28.0 Å². The zero-order valence-electron chi connectivity index (χ0n) is 11.1. The Balaban J connectivity index is 2.82. The normalized spacial score (nSPS) is 12.6. The van der Waals surface area contributed by atoms with E-state index in [9.17, 15) is 4.79 Å². The summed E-state index contributed by atoms with van der Waals surface area (Å²) in [6.45, 7) is 6.30. The van der Waals surface area contributed by atoms with Crippen molar-refractivity contribution in [2.24, 2.45) is 5.92 Å². The Hall–Kier alpha value is -0.800. The SMILES string of the molecule is CC(C)CC(C)N(C)C(=O)c1cnc(Cl)c(Cl)c1. The molecule has 0 aliphatic rings. The minimum atomic E-state index is -0.0887. The summed E-state index contributed by atoms with van der Waals surface area (Å²) in [6.07, 6.45) is 2.41. The number of hydrogen-bond donors (Lipinski definition) is 0. The van der Waals surface area contributed by atoms with Crippen LogP contribution in [0.4, 0.5) is 0 Å². The maximum absolute atomic E-state index is 12.2. The number of amides is 1. The highest BCUT2D eigenvalue weighted by molar-refractivity contribution is 6.41. The predicted octanol–water partition coefficient (Wildman–Crippen LogP) is 3.90. The molecule has 1 heterocycles. The average Bonchev–Trinajstić information content (AvgIpc) is 2.30. The van der Waals surface area contributed by atoms with E-state index in [1.54, 1.807) is 18.0 Å². The minimum Gasteiger partial charge on any atom is -0.339 e. The molecule has 0 fully saturated rings. The fourth-order valence-corrected chi connectivity index (χ4v) is 2.05. The van der Waals surface area contributed by atoms with Gasteiger partial charge in [0.15, 0.2) is 0 Å². The summed E-state index contributed by atoms with van der Waals surface area (Å²) in [7, 11) is 1.79. The molecule has 3 nitrogen and oxygen atoms in total. The number of carbonyl (C=O) groups excluding carboxylic acids is 1. The van der Waals surface area contributed by atoms with Gasteiger partial charge in [0.05, 0.1) is 10.6 Å². The topological polar surface area (TPSA) is 33.2 Å². The molecule has 1 amide bonds. The highest BCUT2D eigenvalue weighted by Crippen LogP contribution is 2.21. The van der Waals surface area contributed by atoms with Crippen molar-refractivity contribution in [2.45, 2.75) is 33.2 Å². The van der Waals surface area contributed by atoms with Crippen molar-refractivity contribution in [2.75, 3.05) is 7.05 Å². The third kappa shape index (κ3) is 3.85. The Kier molecular flexibility index (Phi) is 5.42. The van der Waals surface area contributed by atoms with Crippen molar-refractivity contribution >= 4 is 29.1 Å². The number of carbonyl (C=O) groups is 1. The Morgan fingerprint density at radius 1 is 1.39 bits per heavy atom. The molecule has 18 heavy (non-hydrogen) atoms. The van der Waals surface area contributed by atoms with Crippen LogP contribution >= 0.6 is 23.2 Å². The molecular weight excluding hydrogens is 271 g/mol. The number of nitrogens with zero attached hydrogens (tertiary/aromatic N) is 2. The summed E-state index contributed by atoms with van der Waals surface area (Å²) in [5.74, 6) is 0.455. The molecule has 0 N–H and O–H groups in total. The first-order valence-corrected chi connectivity index (χ1v) is 6.66. The maximum Gasteiger partial charge on any atom is 0.255 e. The molecule has 0 aliphatic heterocycles. The van der Waals surface area contributed by atoms with Crippen LogP contribution in [0.15, 0.2) is 12.3 Å². The first kappa shape index (κ1) is 15.3. The summed E-state index contributed by atoms with van der Waals surface area (Å²) in [5, 5.41) is 0.513. The van der Waals surface area contributed by atoms with Gasteiger partial charge in [0, 0.05) is 19.3 Å². The molecule has 0 saturated carbocycles. The summed E-state index contributed by atoms with van der Waals surface area (Å²) in [6, 6.07) is 1.73. The second kappa shape index (κ2) is 6.39. The van der Waals surface area contributed by atoms with Gasteiger partial charge in [0.25, 0.3) is 5.91 Å². The van der Waals surface area contributed by atoms with E-state index < -0.39 is 0 Å². The molecular formula is C13H18Cl2N2O. The van der Waals surface area contributed by atoms with E-state index in [1.807, 2.05) is 6.92 Å². The molecule has 0 radical (unpaired) electrons. The van der Waals surface area contributed by atoms with E-state index in [-0.39, 0.29) is 17.1 Å². The molecule has 0 aliphatic carbocycles. The lowest BCUT2D eigenvalue weighted by Crippen LogP contribution is -2.36. The van der Waals surface area contributed by atoms with Gasteiger partial charge in [-0.25, -0.2) is 4.98 Å². The molecule has 1 unspecified atom stereocenters. The molecule has 0 spiro atoms. The monoisotopic (exact) mass is 288 g/mol. The van der Waals surface area contributed by atoms with Crippen LogP contribution in [-0.2, 0) is 0 Å². The molecule has 1 aromatic rings. The summed E-state index contributed by atoms with van der Waals surface area (Å²) in [4.78, 5) is 17.8. The molecule has 1 aromatic heterocycles. The van der Waals surface area contributed by atoms with Crippen LogP contribution in [0, 0.1) is 5.92 Å². The maximum atomic E-state index is 12.2. The molecule has 1 atom stereocenters. The van der Waals surface area contributed by atoms with E-state index in [1.165, 1.54) is 6.20 Å². The molecule has 5 heteroatoms. The number of aromatic nitrogens is 1. The lowest BCUT2D eigenvalue weighted by atomic mass is 10.0. The lowest BCUT2D eigenvalue weighted by molar-refractivity contribution is 0.0728. The van der Waals surface area contributed by atoms with E-state index in [0.717, 1.165) is 6.42 Å². The quantitative estimate of drug-likeness (QED) is 0.788. The van der Waals surface area contributed by atoms with Gasteiger partial charge in [-0.2, -0.15) is 0 Å². The van der Waals surface area contributed by atoms with Crippen molar-refractivity contribution < 1.29 is 4.79 Å². The number of rotatable bonds is 4. The third-order valence-electron chi connectivity index (χ3n) is 2.84. The Morgan fingerprint density at radius 2 is 2.00 bits per heavy atom. The van der Waals surface area contributed by atoms with Crippen LogP contribution < -0.4 is 0 Å². The summed E-state index contributed by atoms with van der Waals surface area (Å²) in [5.41, 5.74) is 0.461. The Bertz CT molecular complexity index is 435. The Morgan fingerprint density at radius 3 is 2.50 bits per heavy atom. The van der Waals surface area contributed by atoms with Gasteiger partial charge >= 0.3 is 0 Å². The fourth-order valence-electron chi connectivity index (χ4n) is 1.78. The van der Waals surface area contributed by atoms with Crippen molar-refractivity contribution in [3.8, 4) is 0 Å². The van der Waals surface area contributed by atoms with Gasteiger partial charge in [0.1, 0.15) is 5.15 Å². The van der Waals surface area contributed by atoms with Crippen LogP contribution in [-0.4, -0.2) is 28.9 Å². The molecule has 0 aromatic carbocycles. The van der Waals surface area contributed by atoms with Crippen LogP contribution in [0.2, 0.25) is 10.2 Å². The third-order valence-corrected chi connectivity index (χ3v) is 3.52. The smallest absolute Gasteiger partial charge is 0.255 e. The van der Waals surface area contributed by atoms with Gasteiger partial charge in [-0.15, -0.1) is 0 Å². The van der Waals surface area contributed by atoms with Gasteiger partial charge in [-0.05, 0) is 25.3 Å². The first-order chi connectivity index (χ1) is 8.32. The largest absolute Gasteiger partial charge is 0.339 e. The first-order valence-electron chi connectivity index (χ1n) is 5.91. The fraction of sp³-hybridized carbons (Fsp3) is 0.538. The van der Waals surface area contributed by atoms with Gasteiger partial charge in [-0.3, -0.25) is 4.79 Å². The van der Waals surface area contributed by atoms with Gasteiger partial charge < -0.3 is 4.90 Å². The van der Waals surface area contributed by atoms with Crippen molar-refractivity contribution in [1.82, 2.24) is 9.88 Å². The van der Waals surface area contributed by atoms with Crippen LogP contribution in [0.5, 0.6) is 0 Å². The number of halogens is 2. The highest BCUT2D eigenvalue weighted by atomic mass is 35.5. The highest BCUT2D eigenvalue weighted by Gasteiger charge is 2.19. The van der Waals surface area contributed by atoms with Crippen LogP contribution in [0.3, 0.4) is 0 Å². The average molecular weight is 289 g/mol. The summed E-state index contributed by atoms with van der Waals surface area (Å²) >= 11 is 11.6. The Labute approximate surface area is 118 Å². The molecule has 100 valence electrons. The van der Waals surface area contributed by atoms with Crippen molar-refractivity contribution in [1.29, 1.82) is 0 Å². The van der Waals surface area contributed by atoms with E-state index in [2.05, 4.69) is 18.8 Å². The van der Waals surface area contributed by atoms with Crippen molar-refractivity contribution in [3.63, 3.8) is 0 Å². The minimum absolute atomic E-state index is 0.0887. The molecule has 1 rings (SSSR count). The lowest BCUT2D eigenvalue weighted by Gasteiger charge is -2.26. The zero-order valence-corrected chi connectivity index (χ0v) is 12.6. The summed E-state index contributed by atoms with van der Waals surface area (Å²) < 4.78 is 0. The predicted molar refractivity (Wildman–Crippen MR) is 75.3 cm³/mol. The molecule has 0 bridgehead atoms. The van der Waals surface area contributed by atoms with Crippen LogP contribution in [0.25, 0.3) is 0 Å².